The van der Waals surface area contributed by atoms with Gasteiger partial charge in [0.2, 0.25) is 0 Å². The third-order valence-corrected chi connectivity index (χ3v) is 2.35. The summed E-state index contributed by atoms with van der Waals surface area (Å²) in [5, 5.41) is 12.5. The summed E-state index contributed by atoms with van der Waals surface area (Å²) in [5.41, 5.74) is 0.399. The van der Waals surface area contributed by atoms with Crippen molar-refractivity contribution in [3.63, 3.8) is 0 Å². The van der Waals surface area contributed by atoms with Gasteiger partial charge in [-0.1, -0.05) is 11.6 Å². The van der Waals surface area contributed by atoms with Gasteiger partial charge < -0.3 is 10.4 Å². The summed E-state index contributed by atoms with van der Waals surface area (Å²) in [6.45, 7) is 6.23. The maximum atomic E-state index is 11.8. The fourth-order valence-corrected chi connectivity index (χ4v) is 1.31. The first-order chi connectivity index (χ1) is 7.29. The average Bonchev–Trinajstić information content (AvgIpc) is 2.17. The topological polar surface area (TPSA) is 49.3 Å². The predicted molar refractivity (Wildman–Crippen MR) is 65.2 cm³/mol. The lowest BCUT2D eigenvalue weighted by molar-refractivity contribution is 0.0982. The SMILES string of the molecule is CC(C)(C)NCC(=O)c1ccc(O)c(Cl)c1. The van der Waals surface area contributed by atoms with Gasteiger partial charge in [-0.2, -0.15) is 0 Å². The van der Waals surface area contributed by atoms with Gasteiger partial charge >= 0.3 is 0 Å². The Morgan fingerprint density at radius 2 is 2.06 bits per heavy atom. The van der Waals surface area contributed by atoms with Gasteiger partial charge in [-0.05, 0) is 39.0 Å². The van der Waals surface area contributed by atoms with Crippen molar-refractivity contribution in [3.05, 3.63) is 28.8 Å². The van der Waals surface area contributed by atoms with Gasteiger partial charge in [-0.25, -0.2) is 0 Å². The molecule has 0 spiro atoms. The zero-order valence-corrected chi connectivity index (χ0v) is 10.4. The second-order valence-electron chi connectivity index (χ2n) is 4.69. The first-order valence-electron chi connectivity index (χ1n) is 5.06. The second-order valence-corrected chi connectivity index (χ2v) is 5.10. The predicted octanol–water partition coefficient (Wildman–Crippen LogP) is 2.62. The minimum atomic E-state index is -0.101. The van der Waals surface area contributed by atoms with Crippen LogP contribution < -0.4 is 5.32 Å². The summed E-state index contributed by atoms with van der Waals surface area (Å²) in [7, 11) is 0. The molecule has 1 aromatic carbocycles. The summed E-state index contributed by atoms with van der Waals surface area (Å²) < 4.78 is 0. The van der Waals surface area contributed by atoms with E-state index in [1.165, 1.54) is 12.1 Å². The summed E-state index contributed by atoms with van der Waals surface area (Å²) in [5.74, 6) is -0.0566. The molecule has 0 aliphatic carbocycles. The zero-order valence-electron chi connectivity index (χ0n) is 9.67. The number of carbonyl (C=O) groups excluding carboxylic acids is 1. The standard InChI is InChI=1S/C12H16ClNO2/c1-12(2,3)14-7-11(16)8-4-5-10(15)9(13)6-8/h4-6,14-15H,7H2,1-3H3. The van der Waals surface area contributed by atoms with Crippen LogP contribution in [0.5, 0.6) is 5.75 Å². The van der Waals surface area contributed by atoms with Crippen molar-refractivity contribution in [3.8, 4) is 5.75 Å². The Bertz CT molecular complexity index is 396. The molecule has 0 fully saturated rings. The van der Waals surface area contributed by atoms with Crippen LogP contribution >= 0.6 is 11.6 Å². The highest BCUT2D eigenvalue weighted by Gasteiger charge is 2.13. The van der Waals surface area contributed by atoms with E-state index in [9.17, 15) is 9.90 Å². The summed E-state index contributed by atoms with van der Waals surface area (Å²) in [6, 6.07) is 4.46. The molecule has 0 saturated carbocycles. The van der Waals surface area contributed by atoms with Gasteiger partial charge in [0.25, 0.3) is 0 Å². The van der Waals surface area contributed by atoms with Crippen LogP contribution in [-0.2, 0) is 0 Å². The molecular weight excluding hydrogens is 226 g/mol. The molecule has 0 heterocycles. The molecule has 0 bridgehead atoms. The molecule has 0 radical (unpaired) electrons. The average molecular weight is 242 g/mol. The van der Waals surface area contributed by atoms with Crippen molar-refractivity contribution < 1.29 is 9.90 Å². The van der Waals surface area contributed by atoms with Gasteiger partial charge in [-0.15, -0.1) is 0 Å². The van der Waals surface area contributed by atoms with Crippen LogP contribution in [0.15, 0.2) is 18.2 Å². The molecule has 0 aromatic heterocycles. The quantitative estimate of drug-likeness (QED) is 0.800. The number of nitrogens with one attached hydrogen (secondary N) is 1. The molecular formula is C12H16ClNO2. The van der Waals surface area contributed by atoms with Crippen LogP contribution in [0.1, 0.15) is 31.1 Å². The Kier molecular flexibility index (Phi) is 3.94. The molecule has 0 saturated heterocycles. The van der Waals surface area contributed by atoms with Crippen LogP contribution in [0.4, 0.5) is 0 Å². The van der Waals surface area contributed by atoms with Crippen LogP contribution in [0.2, 0.25) is 5.02 Å². The Balaban J connectivity index is 2.70. The van der Waals surface area contributed by atoms with Gasteiger partial charge in [0.15, 0.2) is 5.78 Å². The number of aromatic hydroxyl groups is 1. The van der Waals surface area contributed by atoms with E-state index >= 15 is 0 Å². The monoisotopic (exact) mass is 241 g/mol. The normalized spacial score (nSPS) is 11.5. The van der Waals surface area contributed by atoms with Crippen molar-refractivity contribution in [2.45, 2.75) is 26.3 Å². The Hall–Kier alpha value is -1.06. The number of phenolic OH excluding ortho intramolecular Hbond substituents is 1. The molecule has 4 heteroatoms. The third kappa shape index (κ3) is 3.83. The fourth-order valence-electron chi connectivity index (χ4n) is 1.13. The molecule has 0 amide bonds. The van der Waals surface area contributed by atoms with Crippen LogP contribution in [0.25, 0.3) is 0 Å². The summed E-state index contributed by atoms with van der Waals surface area (Å²) in [4.78, 5) is 11.8. The number of hydrogen-bond donors (Lipinski definition) is 2. The number of halogens is 1. The number of ketones is 1. The molecule has 0 aliphatic heterocycles. The second kappa shape index (κ2) is 4.85. The first kappa shape index (κ1) is 13.0. The minimum Gasteiger partial charge on any atom is -0.506 e. The minimum absolute atomic E-state index is 0.0120. The van der Waals surface area contributed by atoms with Gasteiger partial charge in [-0.3, -0.25) is 4.79 Å². The lowest BCUT2D eigenvalue weighted by atomic mass is 10.1. The number of Topliss-reactive ketones (excluding diaryl/α,β-unsaturated/α-hetero) is 1. The fraction of sp³-hybridized carbons (Fsp3) is 0.417. The van der Waals surface area contributed by atoms with Crippen LogP contribution in [0.3, 0.4) is 0 Å². The maximum Gasteiger partial charge on any atom is 0.176 e. The van der Waals surface area contributed by atoms with E-state index in [2.05, 4.69) is 5.32 Å². The highest BCUT2D eigenvalue weighted by Crippen LogP contribution is 2.23. The molecule has 0 aliphatic rings. The largest absolute Gasteiger partial charge is 0.506 e. The number of rotatable bonds is 3. The van der Waals surface area contributed by atoms with Crippen molar-refractivity contribution in [1.29, 1.82) is 0 Å². The van der Waals surface area contributed by atoms with Crippen molar-refractivity contribution in [1.82, 2.24) is 5.32 Å². The van der Waals surface area contributed by atoms with E-state index in [-0.39, 0.29) is 28.6 Å². The highest BCUT2D eigenvalue weighted by molar-refractivity contribution is 6.32. The number of benzene rings is 1. The Labute approximate surface area is 100 Å². The molecule has 1 rings (SSSR count). The lowest BCUT2D eigenvalue weighted by Gasteiger charge is -2.19. The summed E-state index contributed by atoms with van der Waals surface area (Å²) >= 11 is 5.73. The van der Waals surface area contributed by atoms with E-state index in [0.29, 0.717) is 5.56 Å². The van der Waals surface area contributed by atoms with E-state index in [1.54, 1.807) is 6.07 Å². The maximum absolute atomic E-state index is 11.8. The van der Waals surface area contributed by atoms with Crippen LogP contribution in [0, 0.1) is 0 Å². The first-order valence-corrected chi connectivity index (χ1v) is 5.44. The van der Waals surface area contributed by atoms with Gasteiger partial charge in [0.1, 0.15) is 5.75 Å². The Morgan fingerprint density at radius 1 is 1.44 bits per heavy atom. The molecule has 1 aromatic rings. The highest BCUT2D eigenvalue weighted by atomic mass is 35.5. The number of hydrogen-bond acceptors (Lipinski definition) is 3. The van der Waals surface area contributed by atoms with Crippen molar-refractivity contribution >= 4 is 17.4 Å². The van der Waals surface area contributed by atoms with E-state index in [1.807, 2.05) is 20.8 Å². The smallest absolute Gasteiger partial charge is 0.176 e. The van der Waals surface area contributed by atoms with Gasteiger partial charge in [0.05, 0.1) is 11.6 Å². The van der Waals surface area contributed by atoms with Crippen molar-refractivity contribution in [2.75, 3.05) is 6.54 Å². The summed E-state index contributed by atoms with van der Waals surface area (Å²) in [6.07, 6.45) is 0. The molecule has 88 valence electrons. The van der Waals surface area contributed by atoms with E-state index in [0.717, 1.165) is 0 Å². The Morgan fingerprint density at radius 3 is 2.56 bits per heavy atom. The van der Waals surface area contributed by atoms with Crippen LogP contribution in [-0.4, -0.2) is 23.0 Å². The lowest BCUT2D eigenvalue weighted by Crippen LogP contribution is -2.39. The number of phenols is 1. The molecule has 2 N–H and O–H groups in total. The molecule has 0 unspecified atom stereocenters. The molecule has 3 nitrogen and oxygen atoms in total. The van der Waals surface area contributed by atoms with E-state index < -0.39 is 0 Å². The van der Waals surface area contributed by atoms with E-state index in [4.69, 9.17) is 11.6 Å². The van der Waals surface area contributed by atoms with Gasteiger partial charge in [0, 0.05) is 11.1 Å². The zero-order chi connectivity index (χ0) is 12.3. The van der Waals surface area contributed by atoms with Crippen molar-refractivity contribution in [2.24, 2.45) is 0 Å². The molecule has 0 atom stereocenters. The number of carbonyl (C=O) groups is 1. The third-order valence-electron chi connectivity index (χ3n) is 2.05. The molecule has 16 heavy (non-hydrogen) atoms.